The van der Waals surface area contributed by atoms with Crippen LogP contribution in [0.25, 0.3) is 0 Å². The molecule has 6 nitrogen and oxygen atoms in total. The summed E-state index contributed by atoms with van der Waals surface area (Å²) in [5.41, 5.74) is 1.28. The zero-order chi connectivity index (χ0) is 16.2. The molecule has 2 heterocycles. The highest BCUT2D eigenvalue weighted by molar-refractivity contribution is 5.67. The van der Waals surface area contributed by atoms with E-state index in [1.165, 1.54) is 5.56 Å². The van der Waals surface area contributed by atoms with Crippen LogP contribution in [0.1, 0.15) is 43.7 Å². The number of aromatic nitrogens is 1. The fourth-order valence-electron chi connectivity index (χ4n) is 2.00. The standard InChI is InChI=1S/C10H12N2.C6H10O4/c1-2-7-12-10(5-1)9-4-3-6-11-8-9;7-5(8)3-1-2-4-6(9)10/h1-4,6,8,10,12H,5,7H2;1-4H2,(H,7,8)(H,9,10). The highest BCUT2D eigenvalue weighted by Gasteiger charge is 2.10. The summed E-state index contributed by atoms with van der Waals surface area (Å²) in [4.78, 5) is 23.9. The molecule has 0 aliphatic carbocycles. The van der Waals surface area contributed by atoms with Crippen LogP contribution in [-0.2, 0) is 9.59 Å². The first-order chi connectivity index (χ1) is 10.6. The lowest BCUT2D eigenvalue weighted by molar-refractivity contribution is -0.139. The molecule has 120 valence electrons. The van der Waals surface area contributed by atoms with Crippen LogP contribution in [0.3, 0.4) is 0 Å². The van der Waals surface area contributed by atoms with E-state index in [-0.39, 0.29) is 12.8 Å². The van der Waals surface area contributed by atoms with Crippen molar-refractivity contribution in [1.82, 2.24) is 10.3 Å². The zero-order valence-corrected chi connectivity index (χ0v) is 12.4. The Hall–Kier alpha value is -2.21. The molecule has 0 bridgehead atoms. The normalized spacial score (nSPS) is 16.5. The summed E-state index contributed by atoms with van der Waals surface area (Å²) in [7, 11) is 0. The smallest absolute Gasteiger partial charge is 0.303 e. The topological polar surface area (TPSA) is 99.5 Å². The maximum Gasteiger partial charge on any atom is 0.303 e. The second-order valence-electron chi connectivity index (χ2n) is 4.95. The molecule has 0 radical (unpaired) electrons. The Morgan fingerprint density at radius 2 is 1.86 bits per heavy atom. The van der Waals surface area contributed by atoms with Gasteiger partial charge >= 0.3 is 11.9 Å². The predicted molar refractivity (Wildman–Crippen MR) is 82.5 cm³/mol. The SMILES string of the molecule is C1=CCC(c2cccnc2)NC1.O=C(O)CCCCC(=O)O. The van der Waals surface area contributed by atoms with Crippen molar-refractivity contribution >= 4 is 11.9 Å². The molecule has 0 spiro atoms. The van der Waals surface area contributed by atoms with Gasteiger partial charge in [0.1, 0.15) is 0 Å². The summed E-state index contributed by atoms with van der Waals surface area (Å²) < 4.78 is 0. The van der Waals surface area contributed by atoms with Gasteiger partial charge in [0.05, 0.1) is 0 Å². The van der Waals surface area contributed by atoms with Crippen LogP contribution in [0.4, 0.5) is 0 Å². The molecular weight excluding hydrogens is 284 g/mol. The van der Waals surface area contributed by atoms with E-state index in [0.717, 1.165) is 13.0 Å². The summed E-state index contributed by atoms with van der Waals surface area (Å²) >= 11 is 0. The molecule has 0 amide bonds. The van der Waals surface area contributed by atoms with Crippen LogP contribution >= 0.6 is 0 Å². The number of pyridine rings is 1. The lowest BCUT2D eigenvalue weighted by atomic mass is 10.0. The lowest BCUT2D eigenvalue weighted by Crippen LogP contribution is -2.23. The number of carboxylic acid groups (broad SMARTS) is 2. The minimum atomic E-state index is -0.870. The van der Waals surface area contributed by atoms with Gasteiger partial charge < -0.3 is 15.5 Å². The molecule has 1 aromatic rings. The number of carbonyl (C=O) groups is 2. The number of carboxylic acids is 2. The van der Waals surface area contributed by atoms with Crippen LogP contribution in [0.2, 0.25) is 0 Å². The van der Waals surface area contributed by atoms with Crippen molar-refractivity contribution in [2.45, 2.75) is 38.1 Å². The van der Waals surface area contributed by atoms with Gasteiger partial charge in [-0.3, -0.25) is 14.6 Å². The molecule has 6 heteroatoms. The van der Waals surface area contributed by atoms with Gasteiger partial charge in [0.15, 0.2) is 0 Å². The third kappa shape index (κ3) is 8.16. The van der Waals surface area contributed by atoms with Gasteiger partial charge in [-0.15, -0.1) is 0 Å². The summed E-state index contributed by atoms with van der Waals surface area (Å²) in [6, 6.07) is 4.56. The number of unbranched alkanes of at least 4 members (excludes halogenated alkanes) is 1. The van der Waals surface area contributed by atoms with E-state index >= 15 is 0 Å². The van der Waals surface area contributed by atoms with Gasteiger partial charge in [-0.1, -0.05) is 18.2 Å². The molecule has 0 saturated carbocycles. The minimum Gasteiger partial charge on any atom is -0.481 e. The molecule has 1 aliphatic rings. The Kier molecular flexibility index (Phi) is 8.52. The first-order valence-electron chi connectivity index (χ1n) is 7.31. The fourth-order valence-corrected chi connectivity index (χ4v) is 2.00. The van der Waals surface area contributed by atoms with E-state index in [1.807, 2.05) is 18.5 Å². The van der Waals surface area contributed by atoms with Gasteiger partial charge in [-0.2, -0.15) is 0 Å². The summed E-state index contributed by atoms with van der Waals surface area (Å²) in [5.74, 6) is -1.74. The predicted octanol–water partition coefficient (Wildman–Crippen LogP) is 2.39. The van der Waals surface area contributed by atoms with Crippen molar-refractivity contribution in [2.75, 3.05) is 6.54 Å². The number of hydrogen-bond donors (Lipinski definition) is 3. The highest BCUT2D eigenvalue weighted by atomic mass is 16.4. The Labute approximate surface area is 129 Å². The zero-order valence-electron chi connectivity index (χ0n) is 12.4. The van der Waals surface area contributed by atoms with Gasteiger partial charge in [-0.25, -0.2) is 0 Å². The molecule has 1 aliphatic heterocycles. The second kappa shape index (κ2) is 10.5. The van der Waals surface area contributed by atoms with E-state index in [1.54, 1.807) is 0 Å². The van der Waals surface area contributed by atoms with Crippen LogP contribution in [0.15, 0.2) is 36.7 Å². The third-order valence-corrected chi connectivity index (χ3v) is 3.14. The minimum absolute atomic E-state index is 0.0628. The first-order valence-corrected chi connectivity index (χ1v) is 7.31. The van der Waals surface area contributed by atoms with Crippen molar-refractivity contribution in [2.24, 2.45) is 0 Å². The summed E-state index contributed by atoms with van der Waals surface area (Å²) in [6.45, 7) is 0.972. The number of rotatable bonds is 6. The van der Waals surface area contributed by atoms with Crippen molar-refractivity contribution in [3.63, 3.8) is 0 Å². The number of hydrogen-bond acceptors (Lipinski definition) is 4. The molecule has 1 aromatic heterocycles. The van der Waals surface area contributed by atoms with E-state index < -0.39 is 11.9 Å². The molecular formula is C16H22N2O4. The highest BCUT2D eigenvalue weighted by Crippen LogP contribution is 2.17. The van der Waals surface area contributed by atoms with Gasteiger partial charge in [-0.05, 0) is 30.9 Å². The fraction of sp³-hybridized carbons (Fsp3) is 0.438. The molecule has 22 heavy (non-hydrogen) atoms. The Bertz CT molecular complexity index is 472. The van der Waals surface area contributed by atoms with Crippen LogP contribution in [-0.4, -0.2) is 33.7 Å². The number of nitrogens with zero attached hydrogens (tertiary/aromatic N) is 1. The molecule has 1 unspecified atom stereocenters. The lowest BCUT2D eigenvalue weighted by Gasteiger charge is -2.19. The molecule has 0 saturated heterocycles. The van der Waals surface area contributed by atoms with Gasteiger partial charge in [0.25, 0.3) is 0 Å². The third-order valence-electron chi connectivity index (χ3n) is 3.14. The van der Waals surface area contributed by atoms with E-state index in [4.69, 9.17) is 10.2 Å². The van der Waals surface area contributed by atoms with Crippen LogP contribution in [0, 0.1) is 0 Å². The monoisotopic (exact) mass is 306 g/mol. The summed E-state index contributed by atoms with van der Waals surface area (Å²) in [6.07, 6.45) is 10.2. The molecule has 0 fully saturated rings. The summed E-state index contributed by atoms with van der Waals surface area (Å²) in [5, 5.41) is 19.7. The Morgan fingerprint density at radius 3 is 2.32 bits per heavy atom. The van der Waals surface area contributed by atoms with Crippen LogP contribution < -0.4 is 5.32 Å². The Morgan fingerprint density at radius 1 is 1.18 bits per heavy atom. The largest absolute Gasteiger partial charge is 0.481 e. The Balaban J connectivity index is 0.000000225. The second-order valence-corrected chi connectivity index (χ2v) is 4.95. The van der Waals surface area contributed by atoms with Crippen molar-refractivity contribution in [3.8, 4) is 0 Å². The maximum atomic E-state index is 9.90. The van der Waals surface area contributed by atoms with E-state index in [0.29, 0.717) is 18.9 Å². The first kappa shape index (κ1) is 17.8. The van der Waals surface area contributed by atoms with E-state index in [9.17, 15) is 9.59 Å². The van der Waals surface area contributed by atoms with Gasteiger partial charge in [0.2, 0.25) is 0 Å². The molecule has 1 atom stereocenters. The maximum absolute atomic E-state index is 9.90. The van der Waals surface area contributed by atoms with E-state index in [2.05, 4.69) is 28.5 Å². The average Bonchev–Trinajstić information content (AvgIpc) is 2.54. The molecule has 2 rings (SSSR count). The number of aliphatic carboxylic acids is 2. The quantitative estimate of drug-likeness (QED) is 0.551. The van der Waals surface area contributed by atoms with Crippen molar-refractivity contribution in [3.05, 3.63) is 42.2 Å². The average molecular weight is 306 g/mol. The molecule has 0 aromatic carbocycles. The van der Waals surface area contributed by atoms with Crippen molar-refractivity contribution < 1.29 is 19.8 Å². The molecule has 3 N–H and O–H groups in total. The van der Waals surface area contributed by atoms with Crippen molar-refractivity contribution in [1.29, 1.82) is 0 Å². The van der Waals surface area contributed by atoms with Gasteiger partial charge in [0, 0.05) is 37.8 Å². The van der Waals surface area contributed by atoms with Crippen LogP contribution in [0.5, 0.6) is 0 Å². The number of nitrogens with one attached hydrogen (secondary N) is 1.